The summed E-state index contributed by atoms with van der Waals surface area (Å²) < 4.78 is 13.5. The molecule has 2 amide bonds. The fraction of sp³-hybridized carbons (Fsp3) is 0.462. The summed E-state index contributed by atoms with van der Waals surface area (Å²) in [4.78, 5) is 27.3. The Morgan fingerprint density at radius 3 is 2.67 bits per heavy atom. The van der Waals surface area contributed by atoms with Gasteiger partial charge in [0.15, 0.2) is 0 Å². The maximum absolute atomic E-state index is 13.5. The van der Waals surface area contributed by atoms with Crippen LogP contribution in [0.25, 0.3) is 10.9 Å². The summed E-state index contributed by atoms with van der Waals surface area (Å²) in [6.45, 7) is 5.13. The van der Waals surface area contributed by atoms with Crippen LogP contribution in [0.2, 0.25) is 0 Å². The molecule has 1 aromatic carbocycles. The molecule has 1 N–H and O–H groups in total. The fourth-order valence-electron chi connectivity index (χ4n) is 5.25. The summed E-state index contributed by atoms with van der Waals surface area (Å²) in [5, 5.41) is 1.13. The van der Waals surface area contributed by atoms with Gasteiger partial charge in [0.2, 0.25) is 0 Å². The molecule has 3 aromatic rings. The van der Waals surface area contributed by atoms with Gasteiger partial charge in [-0.15, -0.1) is 0 Å². The lowest BCUT2D eigenvalue weighted by atomic mass is 9.89. The first-order valence-corrected chi connectivity index (χ1v) is 12.2. The Balaban J connectivity index is 1.21. The molecular formula is C26H32FN5O. The molecule has 5 rings (SSSR count). The zero-order valence-corrected chi connectivity index (χ0v) is 19.0. The fourth-order valence-corrected chi connectivity index (χ4v) is 5.25. The number of nitrogens with one attached hydrogen (secondary N) is 1. The van der Waals surface area contributed by atoms with Crippen molar-refractivity contribution in [2.24, 2.45) is 0 Å². The highest BCUT2D eigenvalue weighted by molar-refractivity contribution is 5.91. The number of halogens is 1. The molecule has 7 heteroatoms. The van der Waals surface area contributed by atoms with Crippen molar-refractivity contribution in [2.75, 3.05) is 44.2 Å². The standard InChI is InChI=1S/C26H32FN5O/c27-21-7-8-22-23(19-29-24(22)18-21)20-9-14-30(15-10-20)16-17-32(25-6-2-3-11-28-25)26(33)31-12-4-1-5-13-31/h2-3,6-8,11,18-20,29H,1,4-5,9-10,12-17H2. The predicted molar refractivity (Wildman–Crippen MR) is 129 cm³/mol. The van der Waals surface area contributed by atoms with E-state index in [2.05, 4.69) is 14.9 Å². The van der Waals surface area contributed by atoms with Crippen molar-refractivity contribution in [1.29, 1.82) is 0 Å². The summed E-state index contributed by atoms with van der Waals surface area (Å²) in [6.07, 6.45) is 9.29. The summed E-state index contributed by atoms with van der Waals surface area (Å²) in [5.74, 6) is 0.999. The van der Waals surface area contributed by atoms with Crippen LogP contribution in [0.15, 0.2) is 48.8 Å². The van der Waals surface area contributed by atoms with Gasteiger partial charge in [-0.05, 0) is 87.0 Å². The molecule has 33 heavy (non-hydrogen) atoms. The van der Waals surface area contributed by atoms with Gasteiger partial charge in [-0.2, -0.15) is 0 Å². The first kappa shape index (κ1) is 21.9. The molecule has 0 spiro atoms. The highest BCUT2D eigenvalue weighted by atomic mass is 19.1. The molecule has 2 aliphatic heterocycles. The van der Waals surface area contributed by atoms with Gasteiger partial charge in [-0.3, -0.25) is 4.90 Å². The van der Waals surface area contributed by atoms with Gasteiger partial charge in [0.25, 0.3) is 0 Å². The van der Waals surface area contributed by atoms with Crippen LogP contribution in [0.3, 0.4) is 0 Å². The maximum Gasteiger partial charge on any atom is 0.325 e. The molecule has 0 aliphatic carbocycles. The van der Waals surface area contributed by atoms with Crippen molar-refractivity contribution in [1.82, 2.24) is 19.8 Å². The van der Waals surface area contributed by atoms with E-state index in [9.17, 15) is 9.18 Å². The number of likely N-dealkylation sites (tertiary alicyclic amines) is 2. The summed E-state index contributed by atoms with van der Waals surface area (Å²) in [6, 6.07) is 10.8. The molecule has 174 valence electrons. The number of pyridine rings is 1. The van der Waals surface area contributed by atoms with E-state index in [-0.39, 0.29) is 11.8 Å². The number of hydrogen-bond acceptors (Lipinski definition) is 3. The maximum atomic E-state index is 13.5. The van der Waals surface area contributed by atoms with Crippen LogP contribution >= 0.6 is 0 Å². The number of benzene rings is 1. The molecule has 0 bridgehead atoms. The molecule has 2 aliphatic rings. The number of hydrogen-bond donors (Lipinski definition) is 1. The number of anilines is 1. The predicted octanol–water partition coefficient (Wildman–Crippen LogP) is 4.99. The Bertz CT molecular complexity index is 1070. The second-order valence-electron chi connectivity index (χ2n) is 9.22. The molecule has 4 heterocycles. The molecule has 0 radical (unpaired) electrons. The lowest BCUT2D eigenvalue weighted by Crippen LogP contribution is -2.49. The van der Waals surface area contributed by atoms with Crippen molar-refractivity contribution in [3.05, 3.63) is 60.2 Å². The smallest absolute Gasteiger partial charge is 0.325 e. The minimum atomic E-state index is -0.206. The number of carbonyl (C=O) groups excluding carboxylic acids is 1. The summed E-state index contributed by atoms with van der Waals surface area (Å²) in [7, 11) is 0. The van der Waals surface area contributed by atoms with Crippen LogP contribution in [-0.2, 0) is 0 Å². The lowest BCUT2D eigenvalue weighted by Gasteiger charge is -2.35. The quantitative estimate of drug-likeness (QED) is 0.597. The molecule has 2 fully saturated rings. The van der Waals surface area contributed by atoms with Gasteiger partial charge >= 0.3 is 6.03 Å². The SMILES string of the molecule is O=C(N1CCCCC1)N(CCN1CCC(c2c[nH]c3cc(F)ccc23)CC1)c1ccccn1. The second-order valence-corrected chi connectivity index (χ2v) is 9.22. The first-order valence-electron chi connectivity index (χ1n) is 12.2. The molecule has 0 saturated carbocycles. The number of nitrogens with zero attached hydrogens (tertiary/aromatic N) is 4. The van der Waals surface area contributed by atoms with Crippen molar-refractivity contribution >= 4 is 22.8 Å². The highest BCUT2D eigenvalue weighted by Crippen LogP contribution is 2.33. The number of rotatable bonds is 5. The number of aromatic amines is 1. The number of amides is 2. The topological polar surface area (TPSA) is 55.5 Å². The zero-order chi connectivity index (χ0) is 22.6. The normalized spacial score (nSPS) is 18.0. The van der Waals surface area contributed by atoms with Gasteiger partial charge in [0.1, 0.15) is 11.6 Å². The Kier molecular flexibility index (Phi) is 6.58. The summed E-state index contributed by atoms with van der Waals surface area (Å²) >= 11 is 0. The van der Waals surface area contributed by atoms with E-state index in [1.54, 1.807) is 18.3 Å². The summed E-state index contributed by atoms with van der Waals surface area (Å²) in [5.41, 5.74) is 2.16. The van der Waals surface area contributed by atoms with Crippen LogP contribution < -0.4 is 4.90 Å². The van der Waals surface area contributed by atoms with E-state index in [1.165, 1.54) is 12.0 Å². The number of H-pyrrole nitrogens is 1. The Morgan fingerprint density at radius 1 is 1.09 bits per heavy atom. The second kappa shape index (κ2) is 9.91. The minimum absolute atomic E-state index is 0.0781. The third-order valence-electron chi connectivity index (χ3n) is 7.13. The molecule has 2 aromatic heterocycles. The van der Waals surface area contributed by atoms with Crippen molar-refractivity contribution in [3.63, 3.8) is 0 Å². The number of carbonyl (C=O) groups is 1. The van der Waals surface area contributed by atoms with Crippen LogP contribution in [0.4, 0.5) is 15.0 Å². The van der Waals surface area contributed by atoms with E-state index in [0.717, 1.165) is 75.1 Å². The van der Waals surface area contributed by atoms with Crippen molar-refractivity contribution < 1.29 is 9.18 Å². The van der Waals surface area contributed by atoms with Crippen molar-refractivity contribution in [2.45, 2.75) is 38.0 Å². The van der Waals surface area contributed by atoms with Gasteiger partial charge in [-0.1, -0.05) is 6.07 Å². The van der Waals surface area contributed by atoms with E-state index in [4.69, 9.17) is 0 Å². The lowest BCUT2D eigenvalue weighted by molar-refractivity contribution is 0.187. The molecule has 2 saturated heterocycles. The van der Waals surface area contributed by atoms with E-state index < -0.39 is 0 Å². The van der Waals surface area contributed by atoms with Gasteiger partial charge in [-0.25, -0.2) is 14.2 Å². The van der Waals surface area contributed by atoms with Gasteiger partial charge < -0.3 is 14.8 Å². The average molecular weight is 450 g/mol. The highest BCUT2D eigenvalue weighted by Gasteiger charge is 2.27. The number of urea groups is 1. The molecule has 0 unspecified atom stereocenters. The third-order valence-corrected chi connectivity index (χ3v) is 7.13. The largest absolute Gasteiger partial charge is 0.361 e. The van der Waals surface area contributed by atoms with Crippen LogP contribution in [0.5, 0.6) is 0 Å². The van der Waals surface area contributed by atoms with Crippen LogP contribution in [0, 0.1) is 5.82 Å². The minimum Gasteiger partial charge on any atom is -0.361 e. The Morgan fingerprint density at radius 2 is 1.91 bits per heavy atom. The average Bonchev–Trinajstić information content (AvgIpc) is 3.28. The Labute approximate surface area is 194 Å². The third kappa shape index (κ3) is 4.88. The van der Waals surface area contributed by atoms with Crippen LogP contribution in [0.1, 0.15) is 43.6 Å². The van der Waals surface area contributed by atoms with E-state index in [1.807, 2.05) is 40.3 Å². The zero-order valence-electron chi connectivity index (χ0n) is 19.0. The van der Waals surface area contributed by atoms with Gasteiger partial charge in [0.05, 0.1) is 0 Å². The number of piperidine rings is 2. The van der Waals surface area contributed by atoms with E-state index in [0.29, 0.717) is 12.5 Å². The number of fused-ring (bicyclic) bond motifs is 1. The Hall–Kier alpha value is -2.93. The van der Waals surface area contributed by atoms with Crippen LogP contribution in [-0.4, -0.2) is 65.1 Å². The molecule has 6 nitrogen and oxygen atoms in total. The molecule has 0 atom stereocenters. The van der Waals surface area contributed by atoms with Gasteiger partial charge in [0, 0.05) is 49.5 Å². The van der Waals surface area contributed by atoms with E-state index >= 15 is 0 Å². The van der Waals surface area contributed by atoms with Crippen molar-refractivity contribution in [3.8, 4) is 0 Å². The molecular weight excluding hydrogens is 417 g/mol. The monoisotopic (exact) mass is 449 g/mol. The number of aromatic nitrogens is 2. The first-order chi connectivity index (χ1) is 16.2.